The number of rotatable bonds is 7. The average molecular weight is 346 g/mol. The lowest BCUT2D eigenvalue weighted by Gasteiger charge is -2.30. The minimum absolute atomic E-state index is 0.238. The van der Waals surface area contributed by atoms with Gasteiger partial charge in [-0.3, -0.25) is 4.79 Å². The van der Waals surface area contributed by atoms with Gasteiger partial charge in [0.15, 0.2) is 8.68 Å². The van der Waals surface area contributed by atoms with Gasteiger partial charge in [0.05, 0.1) is 5.75 Å². The van der Waals surface area contributed by atoms with Gasteiger partial charge >= 0.3 is 0 Å². The third-order valence-electron chi connectivity index (χ3n) is 3.44. The van der Waals surface area contributed by atoms with Gasteiger partial charge in [-0.1, -0.05) is 55.1 Å². The van der Waals surface area contributed by atoms with Crippen molar-refractivity contribution >= 4 is 40.8 Å². The summed E-state index contributed by atoms with van der Waals surface area (Å²) >= 11 is 4.89. The molecule has 0 aromatic carbocycles. The van der Waals surface area contributed by atoms with Crippen LogP contribution in [0.2, 0.25) is 0 Å². The van der Waals surface area contributed by atoms with E-state index in [9.17, 15) is 4.79 Å². The largest absolute Gasteiger partial charge is 0.342 e. The standard InChI is InChI=1S/C14H23N3OS3/c1-3-4-8-19-13-15-16-14(21-13)20-10-12(18)17-7-5-6-11(2)9-17/h11H,3-10H2,1-2H3. The molecule has 21 heavy (non-hydrogen) atoms. The van der Waals surface area contributed by atoms with E-state index in [0.717, 1.165) is 33.9 Å². The number of hydrogen-bond donors (Lipinski definition) is 0. The molecule has 0 saturated carbocycles. The summed E-state index contributed by atoms with van der Waals surface area (Å²) in [5.41, 5.74) is 0. The fraction of sp³-hybridized carbons (Fsp3) is 0.786. The second kappa shape index (κ2) is 9.00. The number of likely N-dealkylation sites (tertiary alicyclic amines) is 1. The number of amides is 1. The lowest BCUT2D eigenvalue weighted by molar-refractivity contribution is -0.130. The SMILES string of the molecule is CCCCSc1nnc(SCC(=O)N2CCCC(C)C2)s1. The lowest BCUT2D eigenvalue weighted by atomic mass is 10.0. The molecule has 1 atom stereocenters. The fourth-order valence-electron chi connectivity index (χ4n) is 2.25. The third kappa shape index (κ3) is 5.79. The fourth-order valence-corrected chi connectivity index (χ4v) is 5.33. The first kappa shape index (κ1) is 17.1. The number of carbonyl (C=O) groups is 1. The maximum atomic E-state index is 12.2. The number of aromatic nitrogens is 2. The van der Waals surface area contributed by atoms with Crippen molar-refractivity contribution in [2.45, 2.75) is 48.2 Å². The molecule has 1 aliphatic heterocycles. The van der Waals surface area contributed by atoms with Gasteiger partial charge in [-0.15, -0.1) is 10.2 Å². The Kier molecular flexibility index (Phi) is 7.33. The second-order valence-electron chi connectivity index (χ2n) is 5.41. The van der Waals surface area contributed by atoms with Crippen LogP contribution >= 0.6 is 34.9 Å². The highest BCUT2D eigenvalue weighted by Crippen LogP contribution is 2.29. The zero-order valence-corrected chi connectivity index (χ0v) is 15.2. The van der Waals surface area contributed by atoms with Crippen LogP contribution < -0.4 is 0 Å². The monoisotopic (exact) mass is 345 g/mol. The number of unbranched alkanes of at least 4 members (excludes halogenated alkanes) is 1. The van der Waals surface area contributed by atoms with Gasteiger partial charge in [-0.05, 0) is 25.2 Å². The van der Waals surface area contributed by atoms with Gasteiger partial charge in [0.25, 0.3) is 0 Å². The Morgan fingerprint density at radius 2 is 2.14 bits per heavy atom. The Hall–Kier alpha value is -0.270. The van der Waals surface area contributed by atoms with Crippen molar-refractivity contribution in [1.82, 2.24) is 15.1 Å². The van der Waals surface area contributed by atoms with Crippen LogP contribution in [-0.2, 0) is 4.79 Å². The molecule has 0 radical (unpaired) electrons. The zero-order valence-electron chi connectivity index (χ0n) is 12.7. The molecule has 0 aliphatic carbocycles. The molecular formula is C14H23N3OS3. The molecule has 1 aromatic heterocycles. The number of carbonyl (C=O) groups excluding carboxylic acids is 1. The Morgan fingerprint density at radius 3 is 2.86 bits per heavy atom. The molecule has 1 unspecified atom stereocenters. The van der Waals surface area contributed by atoms with Crippen LogP contribution in [0.15, 0.2) is 8.68 Å². The highest BCUT2D eigenvalue weighted by molar-refractivity contribution is 8.03. The second-order valence-corrected chi connectivity index (χ2v) is 8.95. The van der Waals surface area contributed by atoms with E-state index >= 15 is 0 Å². The normalized spacial score (nSPS) is 19.0. The van der Waals surface area contributed by atoms with Crippen molar-refractivity contribution in [3.63, 3.8) is 0 Å². The maximum absolute atomic E-state index is 12.2. The van der Waals surface area contributed by atoms with Crippen LogP contribution in [0.1, 0.15) is 39.5 Å². The summed E-state index contributed by atoms with van der Waals surface area (Å²) in [6.45, 7) is 6.23. The lowest BCUT2D eigenvalue weighted by Crippen LogP contribution is -2.40. The highest BCUT2D eigenvalue weighted by atomic mass is 32.2. The van der Waals surface area contributed by atoms with E-state index in [1.807, 2.05) is 4.90 Å². The summed E-state index contributed by atoms with van der Waals surface area (Å²) in [6, 6.07) is 0. The number of hydrogen-bond acceptors (Lipinski definition) is 6. The van der Waals surface area contributed by atoms with Gasteiger partial charge < -0.3 is 4.90 Å². The molecule has 0 bridgehead atoms. The van der Waals surface area contributed by atoms with Crippen molar-refractivity contribution < 1.29 is 4.79 Å². The van der Waals surface area contributed by atoms with E-state index in [2.05, 4.69) is 24.0 Å². The first-order chi connectivity index (χ1) is 10.2. The van der Waals surface area contributed by atoms with Gasteiger partial charge in [-0.25, -0.2) is 0 Å². The molecule has 2 heterocycles. The van der Waals surface area contributed by atoms with Crippen LogP contribution in [0.25, 0.3) is 0 Å². The molecule has 4 nitrogen and oxygen atoms in total. The maximum Gasteiger partial charge on any atom is 0.233 e. The molecule has 1 aliphatic rings. The van der Waals surface area contributed by atoms with Crippen molar-refractivity contribution in [1.29, 1.82) is 0 Å². The van der Waals surface area contributed by atoms with Gasteiger partial charge in [0.1, 0.15) is 0 Å². The van der Waals surface area contributed by atoms with Gasteiger partial charge in [-0.2, -0.15) is 0 Å². The van der Waals surface area contributed by atoms with Crippen molar-refractivity contribution in [2.75, 3.05) is 24.6 Å². The van der Waals surface area contributed by atoms with Crippen molar-refractivity contribution in [2.24, 2.45) is 5.92 Å². The van der Waals surface area contributed by atoms with Crippen LogP contribution in [0.3, 0.4) is 0 Å². The molecule has 2 rings (SSSR count). The Balaban J connectivity index is 1.73. The summed E-state index contributed by atoms with van der Waals surface area (Å²) in [7, 11) is 0. The van der Waals surface area contributed by atoms with Crippen LogP contribution in [0, 0.1) is 5.92 Å². The van der Waals surface area contributed by atoms with Crippen molar-refractivity contribution in [3.05, 3.63) is 0 Å². The van der Waals surface area contributed by atoms with Crippen LogP contribution in [0.5, 0.6) is 0 Å². The molecule has 7 heteroatoms. The summed E-state index contributed by atoms with van der Waals surface area (Å²) in [4.78, 5) is 14.2. The first-order valence-corrected chi connectivity index (χ1v) is 10.3. The number of piperidine rings is 1. The van der Waals surface area contributed by atoms with Crippen molar-refractivity contribution in [3.8, 4) is 0 Å². The Bertz CT molecular complexity index is 452. The molecule has 1 fully saturated rings. The summed E-state index contributed by atoms with van der Waals surface area (Å²) < 4.78 is 1.93. The quantitative estimate of drug-likeness (QED) is 0.556. The topological polar surface area (TPSA) is 46.1 Å². The predicted molar refractivity (Wildman–Crippen MR) is 91.2 cm³/mol. The van der Waals surface area contributed by atoms with Crippen LogP contribution in [0.4, 0.5) is 0 Å². The highest BCUT2D eigenvalue weighted by Gasteiger charge is 2.21. The van der Waals surface area contributed by atoms with E-state index in [1.165, 1.54) is 31.0 Å². The van der Waals surface area contributed by atoms with E-state index in [1.54, 1.807) is 23.1 Å². The summed E-state index contributed by atoms with van der Waals surface area (Å²) in [5, 5.41) is 8.34. The number of nitrogens with zero attached hydrogens (tertiary/aromatic N) is 3. The minimum Gasteiger partial charge on any atom is -0.342 e. The molecule has 1 amide bonds. The predicted octanol–water partition coefficient (Wildman–Crippen LogP) is 3.78. The van der Waals surface area contributed by atoms with Crippen LogP contribution in [-0.4, -0.2) is 45.6 Å². The molecule has 0 spiro atoms. The van der Waals surface area contributed by atoms with E-state index < -0.39 is 0 Å². The summed E-state index contributed by atoms with van der Waals surface area (Å²) in [5.74, 6) is 2.46. The third-order valence-corrected chi connectivity index (χ3v) is 6.70. The molecule has 0 N–H and O–H groups in total. The Morgan fingerprint density at radius 1 is 1.38 bits per heavy atom. The molecule has 118 valence electrons. The summed E-state index contributed by atoms with van der Waals surface area (Å²) in [6.07, 6.45) is 4.79. The number of thioether (sulfide) groups is 2. The van der Waals surface area contributed by atoms with E-state index in [0.29, 0.717) is 11.7 Å². The minimum atomic E-state index is 0.238. The van der Waals surface area contributed by atoms with Gasteiger partial charge in [0, 0.05) is 18.8 Å². The molecular weight excluding hydrogens is 322 g/mol. The molecule has 1 aromatic rings. The smallest absolute Gasteiger partial charge is 0.233 e. The first-order valence-electron chi connectivity index (χ1n) is 7.56. The Labute approximate surface area is 139 Å². The molecule has 1 saturated heterocycles. The average Bonchev–Trinajstić information content (AvgIpc) is 2.93. The van der Waals surface area contributed by atoms with Gasteiger partial charge in [0.2, 0.25) is 5.91 Å². The van der Waals surface area contributed by atoms with E-state index in [-0.39, 0.29) is 5.91 Å². The van der Waals surface area contributed by atoms with E-state index in [4.69, 9.17) is 0 Å². The zero-order chi connectivity index (χ0) is 15.1.